The van der Waals surface area contributed by atoms with E-state index in [0.29, 0.717) is 0 Å². The summed E-state index contributed by atoms with van der Waals surface area (Å²) in [5.74, 6) is 0. The molecule has 0 atom stereocenters. The first-order chi connectivity index (χ1) is 11.4. The second-order valence-electron chi connectivity index (χ2n) is 6.75. The van der Waals surface area contributed by atoms with E-state index >= 15 is 0 Å². The molecule has 136 valence electrons. The van der Waals surface area contributed by atoms with Gasteiger partial charge in [-0.2, -0.15) is 0 Å². The SMILES string of the molecule is CCCCCCCCCCCCCCCCCCNC=CC=O. The molecule has 0 aliphatic rings. The smallest absolute Gasteiger partial charge is 0.144 e. The first-order valence-corrected chi connectivity index (χ1v) is 10.3. The molecule has 0 rings (SSSR count). The Morgan fingerprint density at radius 2 is 1.00 bits per heavy atom. The van der Waals surface area contributed by atoms with E-state index in [2.05, 4.69) is 12.2 Å². The van der Waals surface area contributed by atoms with Crippen LogP contribution in [0.5, 0.6) is 0 Å². The standard InChI is InChI=1S/C21H41NO/c1-2-3-4-5-6-7-8-9-10-11-12-13-14-15-16-17-19-22-20-18-21-23/h18,20-22H,2-17,19H2,1H3. The van der Waals surface area contributed by atoms with Gasteiger partial charge in [-0.25, -0.2) is 0 Å². The van der Waals surface area contributed by atoms with Crippen molar-refractivity contribution in [1.82, 2.24) is 5.32 Å². The minimum atomic E-state index is 0.806. The summed E-state index contributed by atoms with van der Waals surface area (Å²) in [6.45, 7) is 3.27. The van der Waals surface area contributed by atoms with Gasteiger partial charge in [-0.1, -0.05) is 103 Å². The zero-order valence-electron chi connectivity index (χ0n) is 15.7. The maximum Gasteiger partial charge on any atom is 0.144 e. The van der Waals surface area contributed by atoms with Crippen LogP contribution in [0, 0.1) is 0 Å². The van der Waals surface area contributed by atoms with Crippen molar-refractivity contribution in [2.24, 2.45) is 0 Å². The zero-order chi connectivity index (χ0) is 16.8. The summed E-state index contributed by atoms with van der Waals surface area (Å²) in [6.07, 6.45) is 26.5. The van der Waals surface area contributed by atoms with E-state index in [1.54, 1.807) is 6.20 Å². The van der Waals surface area contributed by atoms with Crippen molar-refractivity contribution < 1.29 is 4.79 Å². The van der Waals surface area contributed by atoms with Gasteiger partial charge < -0.3 is 5.32 Å². The van der Waals surface area contributed by atoms with Crippen LogP contribution < -0.4 is 5.32 Å². The Hall–Kier alpha value is -0.790. The van der Waals surface area contributed by atoms with Crippen LogP contribution in [0.1, 0.15) is 110 Å². The molecule has 0 aromatic carbocycles. The van der Waals surface area contributed by atoms with Crippen LogP contribution in [-0.2, 0) is 4.79 Å². The summed E-state index contributed by atoms with van der Waals surface area (Å²) in [5, 5.41) is 3.12. The van der Waals surface area contributed by atoms with Crippen molar-refractivity contribution in [3.63, 3.8) is 0 Å². The van der Waals surface area contributed by atoms with Crippen molar-refractivity contribution in [1.29, 1.82) is 0 Å². The molecule has 23 heavy (non-hydrogen) atoms. The summed E-state index contributed by atoms with van der Waals surface area (Å²) >= 11 is 0. The number of carbonyl (C=O) groups excluding carboxylic acids is 1. The lowest BCUT2D eigenvalue weighted by Crippen LogP contribution is -2.06. The Kier molecular flexibility index (Phi) is 20.5. The fourth-order valence-electron chi connectivity index (χ4n) is 2.97. The largest absolute Gasteiger partial charge is 0.391 e. The van der Waals surface area contributed by atoms with Crippen molar-refractivity contribution in [3.05, 3.63) is 12.3 Å². The predicted octanol–water partition coefficient (Wildman–Crippen LogP) is 6.55. The average molecular weight is 324 g/mol. The highest BCUT2D eigenvalue weighted by molar-refractivity contribution is 5.64. The third-order valence-corrected chi connectivity index (χ3v) is 4.47. The van der Waals surface area contributed by atoms with Crippen LogP contribution in [0.4, 0.5) is 0 Å². The Morgan fingerprint density at radius 1 is 0.609 bits per heavy atom. The second kappa shape index (κ2) is 21.2. The van der Waals surface area contributed by atoms with Gasteiger partial charge >= 0.3 is 0 Å². The lowest BCUT2D eigenvalue weighted by atomic mass is 10.0. The molecule has 1 N–H and O–H groups in total. The average Bonchev–Trinajstić information content (AvgIpc) is 2.57. The van der Waals surface area contributed by atoms with Crippen LogP contribution in [0.2, 0.25) is 0 Å². The van der Waals surface area contributed by atoms with E-state index in [0.717, 1.165) is 12.8 Å². The van der Waals surface area contributed by atoms with Crippen LogP contribution >= 0.6 is 0 Å². The first kappa shape index (κ1) is 22.2. The summed E-state index contributed by atoms with van der Waals surface area (Å²) in [5.41, 5.74) is 0. The number of hydrogen-bond donors (Lipinski definition) is 1. The maximum atomic E-state index is 10.1. The third kappa shape index (κ3) is 21.2. The highest BCUT2D eigenvalue weighted by atomic mass is 16.1. The second-order valence-corrected chi connectivity index (χ2v) is 6.75. The van der Waals surface area contributed by atoms with Crippen molar-refractivity contribution >= 4 is 6.29 Å². The molecule has 0 bridgehead atoms. The molecular weight excluding hydrogens is 282 g/mol. The van der Waals surface area contributed by atoms with Crippen molar-refractivity contribution in [3.8, 4) is 0 Å². The van der Waals surface area contributed by atoms with Crippen molar-refractivity contribution in [2.45, 2.75) is 110 Å². The molecule has 0 spiro atoms. The van der Waals surface area contributed by atoms with E-state index in [1.807, 2.05) is 0 Å². The highest BCUT2D eigenvalue weighted by Gasteiger charge is 1.94. The molecule has 2 nitrogen and oxygen atoms in total. The summed E-state index contributed by atoms with van der Waals surface area (Å²) in [4.78, 5) is 10.1. The Bertz CT molecular complexity index is 250. The number of hydrogen-bond acceptors (Lipinski definition) is 2. The van der Waals surface area contributed by atoms with Gasteiger partial charge in [-0.3, -0.25) is 4.79 Å². The zero-order valence-corrected chi connectivity index (χ0v) is 15.7. The lowest BCUT2D eigenvalue weighted by molar-refractivity contribution is -0.104. The quantitative estimate of drug-likeness (QED) is 0.166. The third-order valence-electron chi connectivity index (χ3n) is 4.47. The van der Waals surface area contributed by atoms with Crippen LogP contribution in [0.15, 0.2) is 12.3 Å². The normalized spacial score (nSPS) is 11.2. The molecule has 2 heteroatoms. The van der Waals surface area contributed by atoms with Gasteiger partial charge in [0.05, 0.1) is 0 Å². The Morgan fingerprint density at radius 3 is 1.39 bits per heavy atom. The fourth-order valence-corrected chi connectivity index (χ4v) is 2.97. The van der Waals surface area contributed by atoms with E-state index in [9.17, 15) is 4.79 Å². The number of rotatable bonds is 19. The molecule has 0 unspecified atom stereocenters. The number of nitrogens with one attached hydrogen (secondary N) is 1. The van der Waals surface area contributed by atoms with Gasteiger partial charge in [0.15, 0.2) is 0 Å². The van der Waals surface area contributed by atoms with E-state index in [1.165, 1.54) is 109 Å². The number of carbonyl (C=O) groups is 1. The maximum absolute atomic E-state index is 10.1. The molecule has 0 aromatic rings. The van der Waals surface area contributed by atoms with E-state index in [-0.39, 0.29) is 0 Å². The van der Waals surface area contributed by atoms with Crippen LogP contribution in [-0.4, -0.2) is 12.8 Å². The van der Waals surface area contributed by atoms with E-state index < -0.39 is 0 Å². The molecule has 0 radical (unpaired) electrons. The number of unbranched alkanes of at least 4 members (excludes halogenated alkanes) is 15. The van der Waals surface area contributed by atoms with Gasteiger partial charge in [0.25, 0.3) is 0 Å². The van der Waals surface area contributed by atoms with Crippen LogP contribution in [0.25, 0.3) is 0 Å². The molecule has 0 saturated heterocycles. The summed E-state index contributed by atoms with van der Waals surface area (Å²) < 4.78 is 0. The fraction of sp³-hybridized carbons (Fsp3) is 0.857. The summed E-state index contributed by atoms with van der Waals surface area (Å²) in [7, 11) is 0. The van der Waals surface area contributed by atoms with Crippen molar-refractivity contribution in [2.75, 3.05) is 6.54 Å². The topological polar surface area (TPSA) is 29.1 Å². The van der Waals surface area contributed by atoms with E-state index in [4.69, 9.17) is 0 Å². The van der Waals surface area contributed by atoms with Crippen LogP contribution in [0.3, 0.4) is 0 Å². The molecule has 0 amide bonds. The number of aldehydes is 1. The molecule has 0 aliphatic carbocycles. The van der Waals surface area contributed by atoms with Gasteiger partial charge in [0.1, 0.15) is 6.29 Å². The molecule has 0 saturated carbocycles. The molecular formula is C21H41NO. The lowest BCUT2D eigenvalue weighted by Gasteiger charge is -2.03. The van der Waals surface area contributed by atoms with Gasteiger partial charge in [0, 0.05) is 6.54 Å². The molecule has 0 aromatic heterocycles. The summed E-state index contributed by atoms with van der Waals surface area (Å²) in [6, 6.07) is 0. The Balaban J connectivity index is 2.97. The first-order valence-electron chi connectivity index (χ1n) is 10.3. The molecule has 0 fully saturated rings. The number of allylic oxidation sites excluding steroid dienone is 1. The highest BCUT2D eigenvalue weighted by Crippen LogP contribution is 2.13. The minimum absolute atomic E-state index is 0.806. The predicted molar refractivity (Wildman–Crippen MR) is 103 cm³/mol. The van der Waals surface area contributed by atoms with Gasteiger partial charge in [-0.05, 0) is 18.7 Å². The van der Waals surface area contributed by atoms with Gasteiger partial charge in [0.2, 0.25) is 0 Å². The Labute approximate surface area is 145 Å². The monoisotopic (exact) mass is 323 g/mol. The van der Waals surface area contributed by atoms with Gasteiger partial charge in [-0.15, -0.1) is 0 Å². The molecule has 0 aliphatic heterocycles. The molecule has 0 heterocycles. The minimum Gasteiger partial charge on any atom is -0.391 e.